The van der Waals surface area contributed by atoms with Crippen molar-refractivity contribution in [1.29, 1.82) is 0 Å². The molecule has 0 aromatic heterocycles. The second-order valence-electron chi connectivity index (χ2n) is 7.87. The van der Waals surface area contributed by atoms with Crippen molar-refractivity contribution in [2.24, 2.45) is 0 Å². The van der Waals surface area contributed by atoms with E-state index in [1.54, 1.807) is 20.8 Å². The molecular formula is C25H28F3NO3P2S. The Morgan fingerprint density at radius 2 is 1.17 bits per heavy atom. The fourth-order valence-corrected chi connectivity index (χ4v) is 10.4. The van der Waals surface area contributed by atoms with Gasteiger partial charge in [-0.2, -0.15) is 13.2 Å². The maximum absolute atomic E-state index is 14.3. The van der Waals surface area contributed by atoms with E-state index < -0.39 is 30.8 Å². The molecule has 0 amide bonds. The van der Waals surface area contributed by atoms with Gasteiger partial charge >= 0.3 is 13.8 Å². The molecule has 0 spiro atoms. The minimum absolute atomic E-state index is 0.0781. The van der Waals surface area contributed by atoms with E-state index >= 15 is 0 Å². The summed E-state index contributed by atoms with van der Waals surface area (Å²) in [6, 6.07) is 23.3. The average Bonchev–Trinajstić information content (AvgIpc) is 2.85. The van der Waals surface area contributed by atoms with Crippen LogP contribution in [0.15, 0.2) is 84.9 Å². The summed E-state index contributed by atoms with van der Waals surface area (Å²) >= 11 is 6.29. The van der Waals surface area contributed by atoms with E-state index in [0.717, 1.165) is 22.7 Å². The second-order valence-corrected chi connectivity index (χ2v) is 14.4. The van der Waals surface area contributed by atoms with E-state index in [1.165, 1.54) is 12.1 Å². The number of hydrogen-bond acceptors (Lipinski definition) is 4. The van der Waals surface area contributed by atoms with Crippen LogP contribution in [-0.2, 0) is 36.9 Å². The first-order valence-electron chi connectivity index (χ1n) is 11.1. The molecule has 3 rings (SSSR count). The lowest BCUT2D eigenvalue weighted by atomic mass is 10.1. The number of nitrogens with one attached hydrogen (secondary N) is 1. The zero-order valence-electron chi connectivity index (χ0n) is 19.7. The minimum Gasteiger partial charge on any atom is -0.307 e. The van der Waals surface area contributed by atoms with Gasteiger partial charge in [-0.25, -0.2) is 0 Å². The van der Waals surface area contributed by atoms with E-state index in [4.69, 9.17) is 20.9 Å². The predicted molar refractivity (Wildman–Crippen MR) is 139 cm³/mol. The van der Waals surface area contributed by atoms with Crippen LogP contribution in [0.1, 0.15) is 31.9 Å². The Hall–Kier alpha value is -1.79. The number of alkyl halides is 3. The Labute approximate surface area is 209 Å². The molecule has 0 aliphatic rings. The topological polar surface area (TPSA) is 47.6 Å². The molecule has 0 unspecified atom stereocenters. The van der Waals surface area contributed by atoms with Gasteiger partial charge in [0.1, 0.15) is 5.28 Å². The lowest BCUT2D eigenvalue weighted by Crippen LogP contribution is -2.43. The fourth-order valence-electron chi connectivity index (χ4n) is 3.76. The van der Waals surface area contributed by atoms with Crippen LogP contribution in [0.25, 0.3) is 0 Å². The van der Waals surface area contributed by atoms with Gasteiger partial charge in [-0.3, -0.25) is 9.65 Å². The standard InChI is InChI=1S/C25H28F3NO3P2S/c1-4-31-34(30,32-5-2)24(3,20-16-18-21(19-17-20)25(26,27)28)29-33(35,22-12-8-6-9-13-22)23-14-10-7-11-15-23/h6-19H,4-5H2,1-3H3,(H,29,35)/t24-/m1/s1. The highest BCUT2D eigenvalue weighted by molar-refractivity contribution is 8.21. The summed E-state index contributed by atoms with van der Waals surface area (Å²) in [6.07, 6.45) is -7.38. The van der Waals surface area contributed by atoms with Crippen molar-refractivity contribution >= 4 is 36.2 Å². The molecule has 0 saturated heterocycles. The molecule has 0 fully saturated rings. The molecule has 1 atom stereocenters. The average molecular weight is 542 g/mol. The first kappa shape index (κ1) is 27.8. The molecule has 4 nitrogen and oxygen atoms in total. The van der Waals surface area contributed by atoms with Crippen molar-refractivity contribution in [3.63, 3.8) is 0 Å². The highest BCUT2D eigenvalue weighted by Gasteiger charge is 2.51. The maximum atomic E-state index is 14.3. The summed E-state index contributed by atoms with van der Waals surface area (Å²) in [4.78, 5) is 0. The Morgan fingerprint density at radius 3 is 1.54 bits per heavy atom. The molecule has 35 heavy (non-hydrogen) atoms. The van der Waals surface area contributed by atoms with Gasteiger partial charge in [-0.1, -0.05) is 84.6 Å². The largest absolute Gasteiger partial charge is 0.416 e. The minimum atomic E-state index is -4.51. The van der Waals surface area contributed by atoms with Gasteiger partial charge in [0.15, 0.2) is 0 Å². The first-order chi connectivity index (χ1) is 16.5. The number of halogens is 3. The summed E-state index contributed by atoms with van der Waals surface area (Å²) in [5.41, 5.74) is -0.492. The Kier molecular flexibility index (Phi) is 8.80. The summed E-state index contributed by atoms with van der Waals surface area (Å²) in [5.74, 6) is 0. The van der Waals surface area contributed by atoms with Crippen LogP contribution in [0.2, 0.25) is 0 Å². The van der Waals surface area contributed by atoms with Crippen molar-refractivity contribution < 1.29 is 26.8 Å². The van der Waals surface area contributed by atoms with Gasteiger partial charge in [0.05, 0.1) is 25.0 Å². The van der Waals surface area contributed by atoms with Crippen molar-refractivity contribution in [3.05, 3.63) is 96.1 Å². The molecule has 0 bridgehead atoms. The molecule has 0 radical (unpaired) electrons. The van der Waals surface area contributed by atoms with Crippen LogP contribution in [0.5, 0.6) is 0 Å². The van der Waals surface area contributed by atoms with Gasteiger partial charge < -0.3 is 9.05 Å². The molecule has 0 aliphatic carbocycles. The quantitative estimate of drug-likeness (QED) is 0.287. The lowest BCUT2D eigenvalue weighted by Gasteiger charge is -2.41. The van der Waals surface area contributed by atoms with Gasteiger partial charge in [0, 0.05) is 10.6 Å². The highest BCUT2D eigenvalue weighted by Crippen LogP contribution is 2.66. The first-order valence-corrected chi connectivity index (χ1v) is 15.4. The zero-order chi connectivity index (χ0) is 25.7. The van der Waals surface area contributed by atoms with Crippen LogP contribution in [0, 0.1) is 0 Å². The number of hydrogen-bond donors (Lipinski definition) is 1. The molecule has 0 heterocycles. The molecule has 188 valence electrons. The van der Waals surface area contributed by atoms with Crippen molar-refractivity contribution in [2.45, 2.75) is 32.2 Å². The van der Waals surface area contributed by atoms with Gasteiger partial charge in [-0.15, -0.1) is 0 Å². The molecule has 0 saturated carbocycles. The maximum Gasteiger partial charge on any atom is 0.416 e. The number of benzene rings is 3. The summed E-state index contributed by atoms with van der Waals surface area (Å²) < 4.78 is 65.6. The Bertz CT molecular complexity index is 1150. The SMILES string of the molecule is CCOP(=O)(OCC)[C@@](C)(NP(=S)(c1ccccc1)c1ccccc1)c1ccc(C(F)(F)F)cc1. The van der Waals surface area contributed by atoms with E-state index in [0.29, 0.717) is 5.56 Å². The number of rotatable bonds is 10. The van der Waals surface area contributed by atoms with Gasteiger partial charge in [0.25, 0.3) is 0 Å². The van der Waals surface area contributed by atoms with Crippen LogP contribution < -0.4 is 15.7 Å². The summed E-state index contributed by atoms with van der Waals surface area (Å²) in [7, 11) is -3.99. The van der Waals surface area contributed by atoms with Crippen LogP contribution in [-0.4, -0.2) is 13.2 Å². The van der Waals surface area contributed by atoms with Crippen molar-refractivity contribution in [2.75, 3.05) is 13.2 Å². The third-order valence-corrected chi connectivity index (χ3v) is 12.7. The molecular weight excluding hydrogens is 513 g/mol. The van der Waals surface area contributed by atoms with Gasteiger partial charge in [0.2, 0.25) is 0 Å². The van der Waals surface area contributed by atoms with Crippen molar-refractivity contribution in [3.8, 4) is 0 Å². The predicted octanol–water partition coefficient (Wildman–Crippen LogP) is 6.78. The van der Waals surface area contributed by atoms with Crippen LogP contribution >= 0.6 is 13.8 Å². The molecule has 1 N–H and O–H groups in total. The normalized spacial score (nSPS) is 14.5. The monoisotopic (exact) mass is 541 g/mol. The third-order valence-electron chi connectivity index (χ3n) is 5.53. The van der Waals surface area contributed by atoms with Gasteiger partial charge in [-0.05, 0) is 38.5 Å². The molecule has 3 aromatic carbocycles. The highest BCUT2D eigenvalue weighted by atomic mass is 32.4. The molecule has 10 heteroatoms. The molecule has 0 aliphatic heterocycles. The second kappa shape index (κ2) is 11.1. The lowest BCUT2D eigenvalue weighted by molar-refractivity contribution is -0.137. The van der Waals surface area contributed by atoms with E-state index in [9.17, 15) is 17.7 Å². The zero-order valence-corrected chi connectivity index (χ0v) is 22.3. The van der Waals surface area contributed by atoms with E-state index in [2.05, 4.69) is 5.09 Å². The summed E-state index contributed by atoms with van der Waals surface area (Å²) in [5, 5.41) is 3.51. The van der Waals surface area contributed by atoms with Crippen LogP contribution in [0.4, 0.5) is 13.2 Å². The van der Waals surface area contributed by atoms with Crippen molar-refractivity contribution in [1.82, 2.24) is 5.09 Å². The molecule has 3 aromatic rings. The Morgan fingerprint density at radius 1 is 0.771 bits per heavy atom. The third kappa shape index (κ3) is 5.80. The van der Waals surface area contributed by atoms with E-state index in [1.807, 2.05) is 60.7 Å². The van der Waals surface area contributed by atoms with E-state index in [-0.39, 0.29) is 13.2 Å². The fraction of sp³-hybridized carbons (Fsp3) is 0.280. The Balaban J connectivity index is 2.27. The summed E-state index contributed by atoms with van der Waals surface area (Å²) in [6.45, 7) is 5.14. The smallest absolute Gasteiger partial charge is 0.307 e. The van der Waals surface area contributed by atoms with Crippen LogP contribution in [0.3, 0.4) is 0 Å².